The van der Waals surface area contributed by atoms with Crippen molar-refractivity contribution in [1.29, 1.82) is 0 Å². The highest BCUT2D eigenvalue weighted by Crippen LogP contribution is 2.20. The third-order valence-corrected chi connectivity index (χ3v) is 4.99. The van der Waals surface area contributed by atoms with Crippen LogP contribution in [0, 0.1) is 0 Å². The van der Waals surface area contributed by atoms with Gasteiger partial charge in [0.25, 0.3) is 0 Å². The quantitative estimate of drug-likeness (QED) is 0.499. The predicted molar refractivity (Wildman–Crippen MR) is 106 cm³/mol. The fourth-order valence-corrected chi connectivity index (χ4v) is 3.13. The Morgan fingerprint density at radius 3 is 2.38 bits per heavy atom. The Morgan fingerprint density at radius 1 is 1.12 bits per heavy atom. The smallest absolute Gasteiger partial charge is 0.238 e. The number of nitrogens with zero attached hydrogens (tertiary/aromatic N) is 1. The first-order valence-electron chi connectivity index (χ1n) is 7.87. The summed E-state index contributed by atoms with van der Waals surface area (Å²) in [5.74, 6) is 0.619. The van der Waals surface area contributed by atoms with Gasteiger partial charge in [-0.1, -0.05) is 41.4 Å². The fourth-order valence-electron chi connectivity index (χ4n) is 2.14. The average Bonchev–Trinajstić information content (AvgIpc) is 2.58. The van der Waals surface area contributed by atoms with Crippen molar-refractivity contribution in [2.24, 2.45) is 10.1 Å². The molecule has 0 aliphatic carbocycles. The molecule has 0 heterocycles. The molecule has 0 radical (unpaired) electrons. The van der Waals surface area contributed by atoms with Gasteiger partial charge in [0.2, 0.25) is 10.0 Å². The van der Waals surface area contributed by atoms with Gasteiger partial charge >= 0.3 is 0 Å². The number of nitrogens with one attached hydrogen (secondary N) is 2. The SMILES string of the molecule is CCNC(=NCc1ccc(S(N)(=O)=O)cc1)NCc1ccc(Cl)cc1Cl. The summed E-state index contributed by atoms with van der Waals surface area (Å²) < 4.78 is 22.6. The fraction of sp³-hybridized carbons (Fsp3) is 0.235. The van der Waals surface area contributed by atoms with Crippen molar-refractivity contribution in [3.8, 4) is 0 Å². The van der Waals surface area contributed by atoms with E-state index in [9.17, 15) is 8.42 Å². The molecule has 2 aromatic rings. The molecule has 0 saturated carbocycles. The second kappa shape index (κ2) is 9.23. The molecule has 0 atom stereocenters. The normalized spacial score (nSPS) is 12.1. The van der Waals surface area contributed by atoms with Crippen LogP contribution in [0.5, 0.6) is 0 Å². The molecular weight excluding hydrogens is 395 g/mol. The lowest BCUT2D eigenvalue weighted by atomic mass is 10.2. The van der Waals surface area contributed by atoms with Gasteiger partial charge in [-0.2, -0.15) is 0 Å². The van der Waals surface area contributed by atoms with Gasteiger partial charge in [-0.15, -0.1) is 0 Å². The molecule has 26 heavy (non-hydrogen) atoms. The van der Waals surface area contributed by atoms with Gasteiger partial charge in [-0.3, -0.25) is 0 Å². The van der Waals surface area contributed by atoms with E-state index in [-0.39, 0.29) is 4.90 Å². The van der Waals surface area contributed by atoms with E-state index < -0.39 is 10.0 Å². The molecule has 0 saturated heterocycles. The Kier molecular flexibility index (Phi) is 7.28. The Labute approximate surface area is 163 Å². The molecule has 9 heteroatoms. The highest BCUT2D eigenvalue weighted by Gasteiger charge is 2.07. The van der Waals surface area contributed by atoms with Crippen LogP contribution in [0.15, 0.2) is 52.4 Å². The van der Waals surface area contributed by atoms with Crippen LogP contribution in [0.25, 0.3) is 0 Å². The van der Waals surface area contributed by atoms with Crippen molar-refractivity contribution in [1.82, 2.24) is 10.6 Å². The van der Waals surface area contributed by atoms with Crippen LogP contribution in [0.4, 0.5) is 0 Å². The van der Waals surface area contributed by atoms with Crippen molar-refractivity contribution >= 4 is 39.2 Å². The van der Waals surface area contributed by atoms with Crippen molar-refractivity contribution in [3.63, 3.8) is 0 Å². The van der Waals surface area contributed by atoms with Crippen molar-refractivity contribution in [2.75, 3.05) is 6.54 Å². The van der Waals surface area contributed by atoms with Gasteiger partial charge < -0.3 is 10.6 Å². The Morgan fingerprint density at radius 2 is 1.81 bits per heavy atom. The molecule has 0 fully saturated rings. The van der Waals surface area contributed by atoms with Crippen LogP contribution in [-0.4, -0.2) is 20.9 Å². The maximum Gasteiger partial charge on any atom is 0.238 e. The van der Waals surface area contributed by atoms with Gasteiger partial charge in [0.1, 0.15) is 0 Å². The summed E-state index contributed by atoms with van der Waals surface area (Å²) >= 11 is 12.1. The third kappa shape index (κ3) is 6.17. The van der Waals surface area contributed by atoms with Gasteiger partial charge in [0.15, 0.2) is 5.96 Å². The summed E-state index contributed by atoms with van der Waals surface area (Å²) in [6.07, 6.45) is 0. The molecule has 2 aromatic carbocycles. The van der Waals surface area contributed by atoms with E-state index >= 15 is 0 Å². The van der Waals surface area contributed by atoms with Crippen molar-refractivity contribution < 1.29 is 8.42 Å². The number of aliphatic imine (C=N–C) groups is 1. The highest BCUT2D eigenvalue weighted by molar-refractivity contribution is 7.89. The number of nitrogens with two attached hydrogens (primary N) is 1. The molecule has 0 aromatic heterocycles. The standard InChI is InChI=1S/C17H20Cl2N4O2S/c1-2-21-17(23-11-13-5-6-14(18)9-16(13)19)22-10-12-3-7-15(8-4-12)26(20,24)25/h3-9H,2,10-11H2,1H3,(H2,20,24,25)(H2,21,22,23). The number of rotatable bonds is 6. The third-order valence-electron chi connectivity index (χ3n) is 3.48. The summed E-state index contributed by atoms with van der Waals surface area (Å²) in [7, 11) is -3.69. The summed E-state index contributed by atoms with van der Waals surface area (Å²) in [6, 6.07) is 11.6. The molecule has 0 aliphatic rings. The first kappa shape index (κ1) is 20.5. The minimum absolute atomic E-state index is 0.0765. The predicted octanol–water partition coefficient (Wildman–Crippen LogP) is 2.90. The second-order valence-corrected chi connectivity index (χ2v) is 7.88. The molecule has 2 rings (SSSR count). The maximum absolute atomic E-state index is 11.3. The Bertz CT molecular complexity index is 884. The number of hydrogen-bond donors (Lipinski definition) is 3. The van der Waals surface area contributed by atoms with E-state index in [0.717, 1.165) is 11.1 Å². The largest absolute Gasteiger partial charge is 0.357 e. The molecule has 0 amide bonds. The molecule has 0 aliphatic heterocycles. The first-order valence-corrected chi connectivity index (χ1v) is 10.2. The molecule has 140 valence electrons. The summed E-state index contributed by atoms with van der Waals surface area (Å²) in [4.78, 5) is 4.56. The molecule has 0 spiro atoms. The lowest BCUT2D eigenvalue weighted by Crippen LogP contribution is -2.36. The summed E-state index contributed by atoms with van der Waals surface area (Å²) in [5.41, 5.74) is 1.76. The van der Waals surface area contributed by atoms with Crippen LogP contribution in [0.1, 0.15) is 18.1 Å². The van der Waals surface area contributed by atoms with E-state index in [1.165, 1.54) is 12.1 Å². The zero-order valence-corrected chi connectivity index (χ0v) is 16.5. The van der Waals surface area contributed by atoms with Gasteiger partial charge in [0, 0.05) is 23.1 Å². The molecule has 6 nitrogen and oxygen atoms in total. The molecule has 0 unspecified atom stereocenters. The maximum atomic E-state index is 11.3. The minimum atomic E-state index is -3.69. The van der Waals surface area contributed by atoms with Crippen LogP contribution >= 0.6 is 23.2 Å². The average molecular weight is 415 g/mol. The van der Waals surface area contributed by atoms with Gasteiger partial charge in [0.05, 0.1) is 11.4 Å². The lowest BCUT2D eigenvalue weighted by molar-refractivity contribution is 0.598. The van der Waals surface area contributed by atoms with Crippen LogP contribution in [-0.2, 0) is 23.1 Å². The topological polar surface area (TPSA) is 96.6 Å². The number of sulfonamides is 1. The lowest BCUT2D eigenvalue weighted by Gasteiger charge is -2.12. The zero-order chi connectivity index (χ0) is 19.2. The van der Waals surface area contributed by atoms with E-state index in [2.05, 4.69) is 15.6 Å². The number of guanidine groups is 1. The highest BCUT2D eigenvalue weighted by atomic mass is 35.5. The Balaban J connectivity index is 2.04. The molecular formula is C17H20Cl2N4O2S. The van der Waals surface area contributed by atoms with E-state index in [1.54, 1.807) is 24.3 Å². The van der Waals surface area contributed by atoms with E-state index in [0.29, 0.717) is 35.6 Å². The minimum Gasteiger partial charge on any atom is -0.357 e. The first-order chi connectivity index (χ1) is 12.3. The summed E-state index contributed by atoms with van der Waals surface area (Å²) in [5, 5.41) is 12.6. The monoisotopic (exact) mass is 414 g/mol. The van der Waals surface area contributed by atoms with Crippen LogP contribution in [0.3, 0.4) is 0 Å². The van der Waals surface area contributed by atoms with Crippen molar-refractivity contribution in [2.45, 2.75) is 24.9 Å². The van der Waals surface area contributed by atoms with E-state index in [4.69, 9.17) is 28.3 Å². The van der Waals surface area contributed by atoms with Gasteiger partial charge in [-0.05, 0) is 42.3 Å². The van der Waals surface area contributed by atoms with E-state index in [1.807, 2.05) is 13.0 Å². The molecule has 0 bridgehead atoms. The van der Waals surface area contributed by atoms with Crippen LogP contribution in [0.2, 0.25) is 10.0 Å². The number of primary sulfonamides is 1. The molecule has 4 N–H and O–H groups in total. The summed E-state index contributed by atoms with van der Waals surface area (Å²) in [6.45, 7) is 3.54. The second-order valence-electron chi connectivity index (χ2n) is 5.47. The van der Waals surface area contributed by atoms with Gasteiger partial charge in [-0.25, -0.2) is 18.5 Å². The Hall–Kier alpha value is -1.80. The zero-order valence-electron chi connectivity index (χ0n) is 14.2. The number of benzene rings is 2. The number of hydrogen-bond acceptors (Lipinski definition) is 3. The van der Waals surface area contributed by atoms with Crippen LogP contribution < -0.4 is 15.8 Å². The van der Waals surface area contributed by atoms with Crippen molar-refractivity contribution in [3.05, 3.63) is 63.6 Å². The number of halogens is 2.